The van der Waals surface area contributed by atoms with Crippen molar-refractivity contribution in [3.63, 3.8) is 0 Å². The molecule has 0 bridgehead atoms. The zero-order chi connectivity index (χ0) is 22.1. The number of hydrogen-bond acceptors (Lipinski definition) is 9. The molecule has 0 saturated heterocycles. The van der Waals surface area contributed by atoms with Crippen molar-refractivity contribution < 1.29 is 13.9 Å². The average Bonchev–Trinajstić information content (AvgIpc) is 3.53. The first-order chi connectivity index (χ1) is 15.6. The molecule has 5 aromatic rings. The standard InChI is InChI=1S/C21H18N8O3/c1-2-17-25-20(28-31-17)12-6-5-7-13(10-12)23-16(30)11-29-15-9-4-3-8-14(15)24-21(29)18-19(22)27-32-26-18/h3-10H,2,11H2,1H3,(H2,22,27)(H,23,30). The second-order valence-electron chi connectivity index (χ2n) is 7.00. The minimum Gasteiger partial charge on any atom is -0.379 e. The Morgan fingerprint density at radius 1 is 1.09 bits per heavy atom. The fraction of sp³-hybridized carbons (Fsp3) is 0.143. The van der Waals surface area contributed by atoms with Gasteiger partial charge in [-0.1, -0.05) is 36.3 Å². The van der Waals surface area contributed by atoms with Crippen molar-refractivity contribution >= 4 is 28.4 Å². The van der Waals surface area contributed by atoms with E-state index in [2.05, 4.69) is 30.8 Å². The molecule has 0 fully saturated rings. The Balaban J connectivity index is 1.43. The number of fused-ring (bicyclic) bond motifs is 1. The van der Waals surface area contributed by atoms with Gasteiger partial charge in [-0.3, -0.25) is 4.79 Å². The van der Waals surface area contributed by atoms with Gasteiger partial charge in [0.15, 0.2) is 17.3 Å². The van der Waals surface area contributed by atoms with Crippen molar-refractivity contribution in [1.29, 1.82) is 0 Å². The van der Waals surface area contributed by atoms with Gasteiger partial charge in [0.1, 0.15) is 6.54 Å². The maximum atomic E-state index is 12.9. The van der Waals surface area contributed by atoms with Gasteiger partial charge >= 0.3 is 0 Å². The molecule has 32 heavy (non-hydrogen) atoms. The fourth-order valence-electron chi connectivity index (χ4n) is 3.36. The number of nitrogens with one attached hydrogen (secondary N) is 1. The first-order valence-corrected chi connectivity index (χ1v) is 9.89. The number of para-hydroxylation sites is 2. The molecule has 0 atom stereocenters. The highest BCUT2D eigenvalue weighted by Gasteiger charge is 2.20. The molecule has 160 valence electrons. The predicted molar refractivity (Wildman–Crippen MR) is 115 cm³/mol. The molecule has 0 unspecified atom stereocenters. The van der Waals surface area contributed by atoms with E-state index in [0.717, 1.165) is 11.1 Å². The molecule has 5 rings (SSSR count). The number of aromatic nitrogens is 6. The van der Waals surface area contributed by atoms with Crippen LogP contribution in [0, 0.1) is 0 Å². The predicted octanol–water partition coefficient (Wildman–Crippen LogP) is 2.92. The molecular formula is C21H18N8O3. The second-order valence-corrected chi connectivity index (χ2v) is 7.00. The van der Waals surface area contributed by atoms with E-state index in [-0.39, 0.29) is 24.0 Å². The normalized spacial score (nSPS) is 11.2. The van der Waals surface area contributed by atoms with Crippen molar-refractivity contribution in [1.82, 2.24) is 30.0 Å². The summed E-state index contributed by atoms with van der Waals surface area (Å²) in [6.07, 6.45) is 0.649. The van der Waals surface area contributed by atoms with Crippen LogP contribution in [0.4, 0.5) is 11.5 Å². The monoisotopic (exact) mass is 430 g/mol. The van der Waals surface area contributed by atoms with Gasteiger partial charge in [-0.15, -0.1) is 0 Å². The van der Waals surface area contributed by atoms with Gasteiger partial charge in [0.25, 0.3) is 0 Å². The van der Waals surface area contributed by atoms with Gasteiger partial charge in [-0.05, 0) is 34.6 Å². The molecule has 11 nitrogen and oxygen atoms in total. The van der Waals surface area contributed by atoms with Gasteiger partial charge in [-0.2, -0.15) is 4.98 Å². The van der Waals surface area contributed by atoms with E-state index < -0.39 is 0 Å². The van der Waals surface area contributed by atoms with E-state index in [1.54, 1.807) is 16.7 Å². The molecule has 0 aliphatic rings. The molecular weight excluding hydrogens is 412 g/mol. The Kier molecular flexibility index (Phi) is 4.82. The minimum atomic E-state index is -0.260. The van der Waals surface area contributed by atoms with Crippen molar-refractivity contribution in [2.75, 3.05) is 11.1 Å². The number of imidazole rings is 1. The number of nitrogens with two attached hydrogens (primary N) is 1. The summed E-state index contributed by atoms with van der Waals surface area (Å²) < 4.78 is 11.6. The van der Waals surface area contributed by atoms with Gasteiger partial charge < -0.3 is 20.1 Å². The molecule has 0 radical (unpaired) electrons. The highest BCUT2D eigenvalue weighted by Crippen LogP contribution is 2.27. The zero-order valence-electron chi connectivity index (χ0n) is 17.0. The molecule has 3 N–H and O–H groups in total. The van der Waals surface area contributed by atoms with Crippen LogP contribution < -0.4 is 11.1 Å². The summed E-state index contributed by atoms with van der Waals surface area (Å²) in [5, 5.41) is 14.3. The lowest BCUT2D eigenvalue weighted by atomic mass is 10.2. The molecule has 2 aromatic carbocycles. The van der Waals surface area contributed by atoms with Crippen molar-refractivity contribution in [3.05, 3.63) is 54.4 Å². The van der Waals surface area contributed by atoms with Gasteiger partial charge in [0.2, 0.25) is 17.6 Å². The van der Waals surface area contributed by atoms with Crippen LogP contribution in [-0.2, 0) is 17.8 Å². The van der Waals surface area contributed by atoms with Crippen LogP contribution in [0.15, 0.2) is 57.7 Å². The topological polar surface area (TPSA) is 151 Å². The molecule has 3 heterocycles. The summed E-state index contributed by atoms with van der Waals surface area (Å²) in [5.74, 6) is 1.25. The van der Waals surface area contributed by atoms with Crippen LogP contribution in [0.1, 0.15) is 12.8 Å². The third-order valence-electron chi connectivity index (χ3n) is 4.86. The average molecular weight is 430 g/mol. The van der Waals surface area contributed by atoms with Gasteiger partial charge in [0.05, 0.1) is 11.0 Å². The summed E-state index contributed by atoms with van der Waals surface area (Å²) in [4.78, 5) is 21.8. The first kappa shape index (κ1) is 19.4. The lowest BCUT2D eigenvalue weighted by molar-refractivity contribution is -0.116. The van der Waals surface area contributed by atoms with E-state index in [9.17, 15) is 4.79 Å². The molecule has 3 aromatic heterocycles. The van der Waals surface area contributed by atoms with Crippen LogP contribution in [0.25, 0.3) is 33.9 Å². The van der Waals surface area contributed by atoms with Crippen LogP contribution in [-0.4, -0.2) is 35.9 Å². The van der Waals surface area contributed by atoms with E-state index in [4.69, 9.17) is 14.9 Å². The van der Waals surface area contributed by atoms with E-state index in [1.807, 2.05) is 43.3 Å². The summed E-state index contributed by atoms with van der Waals surface area (Å²) in [6, 6.07) is 14.7. The number of rotatable bonds is 6. The summed E-state index contributed by atoms with van der Waals surface area (Å²) in [6.45, 7) is 1.92. The Bertz CT molecular complexity index is 1420. The van der Waals surface area contributed by atoms with Crippen molar-refractivity contribution in [2.45, 2.75) is 19.9 Å². The fourth-order valence-corrected chi connectivity index (χ4v) is 3.36. The number of nitrogen functional groups attached to an aromatic ring is 1. The second kappa shape index (κ2) is 7.95. The number of nitrogens with zero attached hydrogens (tertiary/aromatic N) is 6. The van der Waals surface area contributed by atoms with Crippen LogP contribution in [0.3, 0.4) is 0 Å². The maximum absolute atomic E-state index is 12.9. The maximum Gasteiger partial charge on any atom is 0.244 e. The molecule has 11 heteroatoms. The summed E-state index contributed by atoms with van der Waals surface area (Å²) in [7, 11) is 0. The smallest absolute Gasteiger partial charge is 0.244 e. The molecule has 1 amide bonds. The summed E-state index contributed by atoms with van der Waals surface area (Å²) in [5.41, 5.74) is 8.93. The SMILES string of the molecule is CCc1nc(-c2cccc(NC(=O)Cn3c(-c4nonc4N)nc4ccccc43)c2)no1. The van der Waals surface area contributed by atoms with Crippen LogP contribution >= 0.6 is 0 Å². The highest BCUT2D eigenvalue weighted by atomic mass is 16.6. The van der Waals surface area contributed by atoms with E-state index in [0.29, 0.717) is 35.2 Å². The zero-order valence-corrected chi connectivity index (χ0v) is 17.0. The first-order valence-electron chi connectivity index (χ1n) is 9.89. The largest absolute Gasteiger partial charge is 0.379 e. The number of anilines is 2. The number of carbonyl (C=O) groups is 1. The third-order valence-corrected chi connectivity index (χ3v) is 4.86. The number of amides is 1. The Labute approximate surface area is 181 Å². The van der Waals surface area contributed by atoms with Crippen LogP contribution in [0.5, 0.6) is 0 Å². The number of aryl methyl sites for hydroxylation is 1. The third kappa shape index (κ3) is 3.55. The molecule has 0 spiro atoms. The van der Waals surface area contributed by atoms with Gasteiger partial charge in [-0.25, -0.2) is 9.61 Å². The number of carbonyl (C=O) groups excluding carboxylic acids is 1. The van der Waals surface area contributed by atoms with Crippen molar-refractivity contribution in [2.24, 2.45) is 0 Å². The Morgan fingerprint density at radius 2 is 1.97 bits per heavy atom. The Hall–Kier alpha value is -4.54. The lowest BCUT2D eigenvalue weighted by Gasteiger charge is -2.09. The quantitative estimate of drug-likeness (QED) is 0.414. The van der Waals surface area contributed by atoms with Crippen molar-refractivity contribution in [3.8, 4) is 22.9 Å². The molecule has 0 saturated carbocycles. The van der Waals surface area contributed by atoms with Gasteiger partial charge in [0, 0.05) is 17.7 Å². The number of benzene rings is 2. The summed E-state index contributed by atoms with van der Waals surface area (Å²) >= 11 is 0. The molecule has 0 aliphatic carbocycles. The minimum absolute atomic E-state index is 0.0193. The Morgan fingerprint density at radius 3 is 2.75 bits per heavy atom. The highest BCUT2D eigenvalue weighted by molar-refractivity contribution is 5.93. The number of hydrogen-bond donors (Lipinski definition) is 2. The molecule has 0 aliphatic heterocycles. The van der Waals surface area contributed by atoms with E-state index >= 15 is 0 Å². The van der Waals surface area contributed by atoms with Crippen LogP contribution in [0.2, 0.25) is 0 Å². The lowest BCUT2D eigenvalue weighted by Crippen LogP contribution is -2.19. The van der Waals surface area contributed by atoms with E-state index in [1.165, 1.54) is 0 Å².